The molecule has 126 valence electrons. The van der Waals surface area contributed by atoms with Gasteiger partial charge in [0.1, 0.15) is 0 Å². The molecule has 0 spiro atoms. The van der Waals surface area contributed by atoms with Crippen LogP contribution in [0.5, 0.6) is 0 Å². The average Bonchev–Trinajstić information content (AvgIpc) is 3.19. The summed E-state index contributed by atoms with van der Waals surface area (Å²) < 4.78 is 3.04. The molecule has 1 N–H and O–H groups in total. The third kappa shape index (κ3) is 3.28. The number of benzene rings is 1. The maximum absolute atomic E-state index is 4.25. The molecule has 5 heteroatoms. The fourth-order valence-electron chi connectivity index (χ4n) is 3.81. The highest BCUT2D eigenvalue weighted by Crippen LogP contribution is 2.34. The van der Waals surface area contributed by atoms with Gasteiger partial charge in [-0.3, -0.25) is 4.68 Å². The normalized spacial score (nSPS) is 16.9. The van der Waals surface area contributed by atoms with Gasteiger partial charge in [-0.05, 0) is 67.6 Å². The number of aryl methyl sites for hydroxylation is 1. The first-order valence-electron chi connectivity index (χ1n) is 8.65. The number of aromatic nitrogens is 3. The van der Waals surface area contributed by atoms with Crippen LogP contribution in [0, 0.1) is 0 Å². The lowest BCUT2D eigenvalue weighted by Gasteiger charge is -2.31. The molecular weight excluding hydrogens is 364 g/mol. The number of hydrogen-bond acceptors (Lipinski definition) is 2. The predicted molar refractivity (Wildman–Crippen MR) is 101 cm³/mol. The molecule has 3 heterocycles. The van der Waals surface area contributed by atoms with Crippen LogP contribution in [0.15, 0.2) is 41.3 Å². The molecule has 0 aliphatic carbocycles. The highest BCUT2D eigenvalue weighted by molar-refractivity contribution is 9.10. The minimum absolute atomic E-state index is 0.669. The van der Waals surface area contributed by atoms with Crippen molar-refractivity contribution < 1.29 is 0 Å². The van der Waals surface area contributed by atoms with Crippen LogP contribution >= 0.6 is 15.9 Å². The first kappa shape index (κ1) is 15.9. The zero-order valence-electron chi connectivity index (χ0n) is 14.0. The van der Waals surface area contributed by atoms with Crippen molar-refractivity contribution in [3.8, 4) is 0 Å². The van der Waals surface area contributed by atoms with Crippen molar-refractivity contribution in [1.82, 2.24) is 19.7 Å². The Morgan fingerprint density at radius 2 is 2.12 bits per heavy atom. The zero-order valence-corrected chi connectivity index (χ0v) is 15.6. The van der Waals surface area contributed by atoms with Gasteiger partial charge in [0, 0.05) is 41.4 Å². The van der Waals surface area contributed by atoms with E-state index in [9.17, 15) is 0 Å². The van der Waals surface area contributed by atoms with Crippen LogP contribution in [0.1, 0.15) is 29.9 Å². The second-order valence-corrected chi connectivity index (χ2v) is 7.74. The molecule has 3 aromatic rings. The van der Waals surface area contributed by atoms with Crippen LogP contribution in [-0.2, 0) is 13.5 Å². The number of hydrogen-bond donors (Lipinski definition) is 1. The second kappa shape index (κ2) is 6.73. The van der Waals surface area contributed by atoms with Gasteiger partial charge < -0.3 is 9.88 Å². The number of fused-ring (bicyclic) bond motifs is 1. The minimum atomic E-state index is 0.669. The molecule has 4 rings (SSSR count). The van der Waals surface area contributed by atoms with E-state index in [1.165, 1.54) is 48.0 Å². The summed E-state index contributed by atoms with van der Waals surface area (Å²) >= 11 is 3.60. The summed E-state index contributed by atoms with van der Waals surface area (Å²) in [6.45, 7) is 3.51. The smallest absolute Gasteiger partial charge is 0.0522 e. The summed E-state index contributed by atoms with van der Waals surface area (Å²) in [4.78, 5) is 6.02. The maximum atomic E-state index is 4.25. The first-order chi connectivity index (χ1) is 11.7. The standard InChI is InChI=1S/C19H23BrN4/c1-23-13-14(11-22-23)4-7-24-8-5-15(6-9-24)18-12-21-19-3-2-16(20)10-17(18)19/h2-3,10-13,15,21H,4-9H2,1H3. The third-order valence-corrected chi connectivity index (χ3v) is 5.67. The van der Waals surface area contributed by atoms with E-state index >= 15 is 0 Å². The zero-order chi connectivity index (χ0) is 16.5. The molecule has 1 fully saturated rings. The van der Waals surface area contributed by atoms with E-state index < -0.39 is 0 Å². The first-order valence-corrected chi connectivity index (χ1v) is 9.45. The van der Waals surface area contributed by atoms with Crippen LogP contribution in [0.3, 0.4) is 0 Å². The minimum Gasteiger partial charge on any atom is -0.361 e. The summed E-state index contributed by atoms with van der Waals surface area (Å²) in [5.74, 6) is 0.669. The number of nitrogens with zero attached hydrogens (tertiary/aromatic N) is 3. The lowest BCUT2D eigenvalue weighted by molar-refractivity contribution is 0.215. The molecule has 1 aliphatic rings. The molecule has 0 unspecified atom stereocenters. The SMILES string of the molecule is Cn1cc(CCN2CCC(c3c[nH]c4ccc(Br)cc34)CC2)cn1. The summed E-state index contributed by atoms with van der Waals surface area (Å²) in [7, 11) is 1.98. The van der Waals surface area contributed by atoms with Gasteiger partial charge in [-0.25, -0.2) is 0 Å². The Labute approximate surface area is 151 Å². The third-order valence-electron chi connectivity index (χ3n) is 5.18. The van der Waals surface area contributed by atoms with E-state index in [0.29, 0.717) is 5.92 Å². The van der Waals surface area contributed by atoms with Gasteiger partial charge in [-0.2, -0.15) is 5.10 Å². The number of aromatic amines is 1. The van der Waals surface area contributed by atoms with Gasteiger partial charge in [0.15, 0.2) is 0 Å². The van der Waals surface area contributed by atoms with Crippen molar-refractivity contribution in [2.24, 2.45) is 7.05 Å². The van der Waals surface area contributed by atoms with Crippen LogP contribution in [0.4, 0.5) is 0 Å². The molecular formula is C19H23BrN4. The van der Waals surface area contributed by atoms with Gasteiger partial charge in [-0.15, -0.1) is 0 Å². The molecule has 24 heavy (non-hydrogen) atoms. The molecule has 0 saturated carbocycles. The summed E-state index contributed by atoms with van der Waals surface area (Å²) in [6.07, 6.45) is 9.90. The Morgan fingerprint density at radius 3 is 2.88 bits per heavy atom. The van der Waals surface area contributed by atoms with Crippen LogP contribution in [-0.4, -0.2) is 39.3 Å². The Morgan fingerprint density at radius 1 is 1.29 bits per heavy atom. The van der Waals surface area contributed by atoms with Crippen molar-refractivity contribution in [1.29, 1.82) is 0 Å². The van der Waals surface area contributed by atoms with E-state index in [0.717, 1.165) is 17.4 Å². The maximum Gasteiger partial charge on any atom is 0.0522 e. The number of likely N-dealkylation sites (tertiary alicyclic amines) is 1. The van der Waals surface area contributed by atoms with Gasteiger partial charge in [0.05, 0.1) is 6.20 Å². The van der Waals surface area contributed by atoms with Crippen LogP contribution in [0.2, 0.25) is 0 Å². The number of halogens is 1. The van der Waals surface area contributed by atoms with Gasteiger partial charge >= 0.3 is 0 Å². The van der Waals surface area contributed by atoms with Crippen molar-refractivity contribution in [3.63, 3.8) is 0 Å². The monoisotopic (exact) mass is 386 g/mol. The number of rotatable bonds is 4. The Bertz CT molecular complexity index is 827. The fourth-order valence-corrected chi connectivity index (χ4v) is 4.17. The summed E-state index contributed by atoms with van der Waals surface area (Å²) in [5.41, 5.74) is 4.06. The van der Waals surface area contributed by atoms with Crippen molar-refractivity contribution in [3.05, 3.63) is 52.4 Å². The van der Waals surface area contributed by atoms with E-state index in [1.807, 2.05) is 17.9 Å². The summed E-state index contributed by atoms with van der Waals surface area (Å²) in [5, 5.41) is 5.63. The molecule has 4 nitrogen and oxygen atoms in total. The molecule has 0 amide bonds. The quantitative estimate of drug-likeness (QED) is 0.732. The molecule has 0 atom stereocenters. The predicted octanol–water partition coefficient (Wildman–Crippen LogP) is 4.09. The van der Waals surface area contributed by atoms with Gasteiger partial charge in [-0.1, -0.05) is 15.9 Å². The van der Waals surface area contributed by atoms with Gasteiger partial charge in [0.2, 0.25) is 0 Å². The Kier molecular flexibility index (Phi) is 4.46. The van der Waals surface area contributed by atoms with Crippen LogP contribution in [0.25, 0.3) is 10.9 Å². The van der Waals surface area contributed by atoms with E-state index in [2.05, 4.69) is 61.5 Å². The Hall–Kier alpha value is -1.59. The van der Waals surface area contributed by atoms with Crippen molar-refractivity contribution in [2.45, 2.75) is 25.2 Å². The van der Waals surface area contributed by atoms with Crippen LogP contribution < -0.4 is 0 Å². The highest BCUT2D eigenvalue weighted by Gasteiger charge is 2.22. The summed E-state index contributed by atoms with van der Waals surface area (Å²) in [6, 6.07) is 6.51. The molecule has 0 bridgehead atoms. The molecule has 1 aromatic carbocycles. The molecule has 2 aromatic heterocycles. The molecule has 1 aliphatic heterocycles. The van der Waals surface area contributed by atoms with E-state index in [-0.39, 0.29) is 0 Å². The highest BCUT2D eigenvalue weighted by atomic mass is 79.9. The van der Waals surface area contributed by atoms with Crippen molar-refractivity contribution in [2.75, 3.05) is 19.6 Å². The molecule has 0 radical (unpaired) electrons. The topological polar surface area (TPSA) is 36.9 Å². The second-order valence-electron chi connectivity index (χ2n) is 6.82. The number of nitrogens with one attached hydrogen (secondary N) is 1. The molecule has 1 saturated heterocycles. The van der Waals surface area contributed by atoms with E-state index in [1.54, 1.807) is 0 Å². The lowest BCUT2D eigenvalue weighted by Crippen LogP contribution is -2.34. The number of H-pyrrole nitrogens is 1. The Balaban J connectivity index is 1.37. The largest absolute Gasteiger partial charge is 0.361 e. The van der Waals surface area contributed by atoms with Crippen molar-refractivity contribution >= 4 is 26.8 Å². The average molecular weight is 387 g/mol. The number of piperidine rings is 1. The van der Waals surface area contributed by atoms with Gasteiger partial charge in [0.25, 0.3) is 0 Å². The van der Waals surface area contributed by atoms with E-state index in [4.69, 9.17) is 0 Å². The fraction of sp³-hybridized carbons (Fsp3) is 0.421. The lowest BCUT2D eigenvalue weighted by atomic mass is 9.89.